The Kier molecular flexibility index (Phi) is 4.87. The SMILES string of the molecule is Cc1cc(Cl)ccc1Nc1ncc(C(=O)Nc2cccc3cccnc23)cn1. The molecule has 4 aromatic rings. The first-order valence-corrected chi connectivity index (χ1v) is 8.98. The maximum atomic E-state index is 12.6. The minimum Gasteiger partial charge on any atom is -0.324 e. The molecule has 138 valence electrons. The molecule has 0 saturated carbocycles. The van der Waals surface area contributed by atoms with Gasteiger partial charge in [0.1, 0.15) is 0 Å². The number of hydrogen-bond donors (Lipinski definition) is 2. The number of anilines is 3. The minimum atomic E-state index is -0.299. The number of carbonyl (C=O) groups excluding carboxylic acids is 1. The summed E-state index contributed by atoms with van der Waals surface area (Å²) in [6.07, 6.45) is 4.66. The molecule has 0 fully saturated rings. The van der Waals surface area contributed by atoms with Crippen molar-refractivity contribution in [2.24, 2.45) is 0 Å². The molecule has 0 spiro atoms. The van der Waals surface area contributed by atoms with E-state index in [0.717, 1.165) is 22.2 Å². The summed E-state index contributed by atoms with van der Waals surface area (Å²) in [6, 6.07) is 14.9. The number of pyridine rings is 1. The topological polar surface area (TPSA) is 79.8 Å². The van der Waals surface area contributed by atoms with Gasteiger partial charge in [-0.3, -0.25) is 9.78 Å². The fourth-order valence-electron chi connectivity index (χ4n) is 2.80. The number of aromatic nitrogens is 3. The van der Waals surface area contributed by atoms with Crippen LogP contribution < -0.4 is 10.6 Å². The van der Waals surface area contributed by atoms with E-state index in [1.807, 2.05) is 49.4 Å². The van der Waals surface area contributed by atoms with E-state index < -0.39 is 0 Å². The molecule has 0 bridgehead atoms. The number of nitrogens with one attached hydrogen (secondary N) is 2. The van der Waals surface area contributed by atoms with Gasteiger partial charge in [-0.25, -0.2) is 9.97 Å². The van der Waals surface area contributed by atoms with Crippen LogP contribution in [-0.2, 0) is 0 Å². The highest BCUT2D eigenvalue weighted by Crippen LogP contribution is 2.23. The molecule has 0 aliphatic carbocycles. The van der Waals surface area contributed by atoms with Crippen molar-refractivity contribution in [1.29, 1.82) is 0 Å². The molecule has 0 unspecified atom stereocenters. The first-order valence-electron chi connectivity index (χ1n) is 8.60. The molecule has 2 N–H and O–H groups in total. The lowest BCUT2D eigenvalue weighted by Crippen LogP contribution is -2.13. The van der Waals surface area contributed by atoms with Gasteiger partial charge < -0.3 is 10.6 Å². The van der Waals surface area contributed by atoms with E-state index >= 15 is 0 Å². The summed E-state index contributed by atoms with van der Waals surface area (Å²) in [7, 11) is 0. The summed E-state index contributed by atoms with van der Waals surface area (Å²) in [5.74, 6) is 0.0983. The van der Waals surface area contributed by atoms with Crippen LogP contribution in [0.4, 0.5) is 17.3 Å². The number of nitrogens with zero attached hydrogens (tertiary/aromatic N) is 3. The molecule has 0 aliphatic heterocycles. The molecule has 1 amide bonds. The van der Waals surface area contributed by atoms with Crippen molar-refractivity contribution >= 4 is 45.7 Å². The van der Waals surface area contributed by atoms with Crippen molar-refractivity contribution in [3.05, 3.63) is 83.3 Å². The van der Waals surface area contributed by atoms with Crippen LogP contribution in [0.3, 0.4) is 0 Å². The van der Waals surface area contributed by atoms with E-state index in [2.05, 4.69) is 25.6 Å². The molecule has 0 aliphatic rings. The van der Waals surface area contributed by atoms with E-state index in [0.29, 0.717) is 22.2 Å². The van der Waals surface area contributed by atoms with Crippen LogP contribution in [0, 0.1) is 6.92 Å². The molecule has 28 heavy (non-hydrogen) atoms. The first kappa shape index (κ1) is 17.9. The molecule has 0 atom stereocenters. The zero-order valence-electron chi connectivity index (χ0n) is 15.0. The third kappa shape index (κ3) is 3.77. The van der Waals surface area contributed by atoms with Crippen molar-refractivity contribution in [3.63, 3.8) is 0 Å². The monoisotopic (exact) mass is 389 g/mol. The van der Waals surface area contributed by atoms with Crippen LogP contribution in [0.15, 0.2) is 67.1 Å². The number of aryl methyl sites for hydroxylation is 1. The highest BCUT2D eigenvalue weighted by atomic mass is 35.5. The third-order valence-electron chi connectivity index (χ3n) is 4.23. The van der Waals surface area contributed by atoms with Gasteiger partial charge in [0.05, 0.1) is 16.8 Å². The van der Waals surface area contributed by atoms with E-state index in [4.69, 9.17) is 11.6 Å². The summed E-state index contributed by atoms with van der Waals surface area (Å²) < 4.78 is 0. The van der Waals surface area contributed by atoms with E-state index in [1.54, 1.807) is 12.3 Å². The lowest BCUT2D eigenvalue weighted by Gasteiger charge is -2.10. The van der Waals surface area contributed by atoms with Gasteiger partial charge in [0, 0.05) is 34.7 Å². The highest BCUT2D eigenvalue weighted by molar-refractivity contribution is 6.30. The van der Waals surface area contributed by atoms with Gasteiger partial charge in [0.25, 0.3) is 5.91 Å². The average molecular weight is 390 g/mol. The normalized spacial score (nSPS) is 10.6. The van der Waals surface area contributed by atoms with Gasteiger partial charge in [-0.2, -0.15) is 0 Å². The molecular formula is C21H16ClN5O. The quantitative estimate of drug-likeness (QED) is 0.514. The maximum Gasteiger partial charge on any atom is 0.258 e. The molecule has 0 saturated heterocycles. The Bertz CT molecular complexity index is 1160. The fourth-order valence-corrected chi connectivity index (χ4v) is 3.02. The van der Waals surface area contributed by atoms with E-state index in [1.165, 1.54) is 12.4 Å². The van der Waals surface area contributed by atoms with Gasteiger partial charge in [0.2, 0.25) is 5.95 Å². The molecule has 2 heterocycles. The smallest absolute Gasteiger partial charge is 0.258 e. The van der Waals surface area contributed by atoms with Crippen molar-refractivity contribution in [3.8, 4) is 0 Å². The number of benzene rings is 2. The zero-order valence-corrected chi connectivity index (χ0v) is 15.7. The van der Waals surface area contributed by atoms with Crippen LogP contribution in [-0.4, -0.2) is 20.9 Å². The summed E-state index contributed by atoms with van der Waals surface area (Å²) in [5, 5.41) is 7.60. The largest absolute Gasteiger partial charge is 0.324 e. The van der Waals surface area contributed by atoms with Crippen molar-refractivity contribution in [2.75, 3.05) is 10.6 Å². The molecular weight excluding hydrogens is 374 g/mol. The second kappa shape index (κ2) is 7.62. The summed E-state index contributed by atoms with van der Waals surface area (Å²) in [6.45, 7) is 1.94. The van der Waals surface area contributed by atoms with Crippen LogP contribution in [0.2, 0.25) is 5.02 Å². The van der Waals surface area contributed by atoms with E-state index in [-0.39, 0.29) is 5.91 Å². The number of para-hydroxylation sites is 1. The predicted molar refractivity (Wildman–Crippen MR) is 111 cm³/mol. The second-order valence-corrected chi connectivity index (χ2v) is 6.65. The number of amides is 1. The molecule has 4 rings (SSSR count). The van der Waals surface area contributed by atoms with Crippen molar-refractivity contribution < 1.29 is 4.79 Å². The molecule has 0 radical (unpaired) electrons. The Morgan fingerprint density at radius 3 is 2.54 bits per heavy atom. The summed E-state index contributed by atoms with van der Waals surface area (Å²) in [4.78, 5) is 25.4. The van der Waals surface area contributed by atoms with Gasteiger partial charge >= 0.3 is 0 Å². The maximum absolute atomic E-state index is 12.6. The van der Waals surface area contributed by atoms with Crippen molar-refractivity contribution in [2.45, 2.75) is 6.92 Å². The highest BCUT2D eigenvalue weighted by Gasteiger charge is 2.11. The fraction of sp³-hybridized carbons (Fsp3) is 0.0476. The van der Waals surface area contributed by atoms with Gasteiger partial charge in [-0.1, -0.05) is 29.8 Å². The number of rotatable bonds is 4. The van der Waals surface area contributed by atoms with Crippen LogP contribution in [0.25, 0.3) is 10.9 Å². The Balaban J connectivity index is 1.51. The zero-order chi connectivity index (χ0) is 19.5. The predicted octanol–water partition coefficient (Wildman–Crippen LogP) is 4.98. The summed E-state index contributed by atoms with van der Waals surface area (Å²) >= 11 is 5.97. The van der Waals surface area contributed by atoms with Crippen molar-refractivity contribution in [1.82, 2.24) is 15.0 Å². The number of halogens is 1. The number of hydrogen-bond acceptors (Lipinski definition) is 5. The Morgan fingerprint density at radius 1 is 0.964 bits per heavy atom. The van der Waals surface area contributed by atoms with Crippen LogP contribution >= 0.6 is 11.6 Å². The third-order valence-corrected chi connectivity index (χ3v) is 4.46. The average Bonchev–Trinajstić information content (AvgIpc) is 2.71. The molecule has 7 heteroatoms. The van der Waals surface area contributed by atoms with Gasteiger partial charge in [-0.05, 0) is 42.8 Å². The standard InChI is InChI=1S/C21H16ClN5O/c1-13-10-16(22)7-8-17(13)27-21-24-11-15(12-25-21)20(28)26-18-6-2-4-14-5-3-9-23-19(14)18/h2-12H,1H3,(H,26,28)(H,24,25,27). The Hall–Kier alpha value is -3.51. The lowest BCUT2D eigenvalue weighted by molar-refractivity contribution is 0.102. The van der Waals surface area contributed by atoms with Crippen LogP contribution in [0.1, 0.15) is 15.9 Å². The van der Waals surface area contributed by atoms with Gasteiger partial charge in [-0.15, -0.1) is 0 Å². The molecule has 2 aromatic carbocycles. The number of fused-ring (bicyclic) bond motifs is 1. The van der Waals surface area contributed by atoms with Crippen LogP contribution in [0.5, 0.6) is 0 Å². The minimum absolute atomic E-state index is 0.299. The first-order chi connectivity index (χ1) is 13.6. The lowest BCUT2D eigenvalue weighted by atomic mass is 10.2. The van der Waals surface area contributed by atoms with E-state index in [9.17, 15) is 4.79 Å². The number of carbonyl (C=O) groups is 1. The van der Waals surface area contributed by atoms with Gasteiger partial charge in [0.15, 0.2) is 0 Å². The second-order valence-electron chi connectivity index (χ2n) is 6.21. The Morgan fingerprint density at radius 2 is 1.75 bits per heavy atom. The molecule has 2 aromatic heterocycles. The Labute approximate surface area is 166 Å². The summed E-state index contributed by atoms with van der Waals surface area (Å²) in [5.41, 5.74) is 3.55. The molecule has 6 nitrogen and oxygen atoms in total.